The molecule has 4 rings (SSSR count). The van der Waals surface area contributed by atoms with Crippen LogP contribution in [0.1, 0.15) is 30.0 Å². The van der Waals surface area contributed by atoms with Crippen LogP contribution in [0.3, 0.4) is 0 Å². The molecule has 3 aromatic carbocycles. The second-order valence-electron chi connectivity index (χ2n) is 9.53. The van der Waals surface area contributed by atoms with E-state index in [1.165, 1.54) is 6.08 Å². The number of carboxylic acid groups (broad SMARTS) is 1. The average molecular weight is 541 g/mol. The number of hydroxylamine groups is 1. The topological polar surface area (TPSA) is 114 Å². The lowest BCUT2D eigenvalue weighted by Crippen LogP contribution is -2.57. The quantitative estimate of drug-likeness (QED) is 0.231. The smallest absolute Gasteiger partial charge is 0.323 e. The number of aliphatic carboxylic acids is 1. The second kappa shape index (κ2) is 13.5. The Kier molecular flexibility index (Phi) is 9.62. The molecule has 8 nitrogen and oxygen atoms in total. The first-order valence-electron chi connectivity index (χ1n) is 13.0. The van der Waals surface area contributed by atoms with Gasteiger partial charge in [0.2, 0.25) is 5.91 Å². The number of ether oxygens (including phenoxy) is 1. The van der Waals surface area contributed by atoms with Gasteiger partial charge in [-0.2, -0.15) is 0 Å². The molecule has 0 spiro atoms. The van der Waals surface area contributed by atoms with Gasteiger partial charge in [0.15, 0.2) is 5.41 Å². The third kappa shape index (κ3) is 7.11. The minimum absolute atomic E-state index is 0.0764. The predicted octanol–water partition coefficient (Wildman–Crippen LogP) is 4.44. The maximum absolute atomic E-state index is 13.5. The maximum atomic E-state index is 13.5. The van der Waals surface area contributed by atoms with Gasteiger partial charge < -0.3 is 15.2 Å². The van der Waals surface area contributed by atoms with Gasteiger partial charge in [0.1, 0.15) is 6.04 Å². The average Bonchev–Trinajstić information content (AvgIpc) is 3.00. The van der Waals surface area contributed by atoms with Crippen molar-refractivity contribution in [2.75, 3.05) is 0 Å². The lowest BCUT2D eigenvalue weighted by atomic mass is 9.78. The van der Waals surface area contributed by atoms with Crippen molar-refractivity contribution in [3.8, 4) is 0 Å². The molecular weight excluding hydrogens is 508 g/mol. The molecule has 1 aliphatic rings. The highest BCUT2D eigenvalue weighted by Crippen LogP contribution is 2.34. The number of carboxylic acids is 1. The summed E-state index contributed by atoms with van der Waals surface area (Å²) in [5, 5.41) is 12.8. The highest BCUT2D eigenvalue weighted by atomic mass is 16.7. The molecule has 0 aliphatic heterocycles. The van der Waals surface area contributed by atoms with E-state index in [9.17, 15) is 19.5 Å². The summed E-state index contributed by atoms with van der Waals surface area (Å²) in [5.41, 5.74) is 3.94. The summed E-state index contributed by atoms with van der Waals surface area (Å²) >= 11 is 0. The summed E-state index contributed by atoms with van der Waals surface area (Å²) in [5.74, 6) is -2.80. The minimum Gasteiger partial charge on any atom is -0.480 e. The number of hydrogen-bond acceptors (Lipinski definition) is 5. The number of carbonyl (C=O) groups excluding carboxylic acids is 2. The number of amides is 2. The zero-order valence-corrected chi connectivity index (χ0v) is 22.2. The van der Waals surface area contributed by atoms with E-state index in [0.717, 1.165) is 22.3 Å². The van der Waals surface area contributed by atoms with E-state index in [2.05, 4.69) is 10.8 Å². The van der Waals surface area contributed by atoms with Crippen LogP contribution in [-0.4, -0.2) is 35.0 Å². The van der Waals surface area contributed by atoms with Gasteiger partial charge in [0.05, 0.1) is 19.3 Å². The van der Waals surface area contributed by atoms with Crippen LogP contribution >= 0.6 is 0 Å². The van der Waals surface area contributed by atoms with Gasteiger partial charge in [0.25, 0.3) is 5.91 Å². The van der Waals surface area contributed by atoms with Gasteiger partial charge in [0, 0.05) is 0 Å². The molecule has 40 heavy (non-hydrogen) atoms. The van der Waals surface area contributed by atoms with Crippen molar-refractivity contribution in [2.24, 2.45) is 5.41 Å². The Hall–Kier alpha value is -4.53. The summed E-state index contributed by atoms with van der Waals surface area (Å²) in [7, 11) is 0. The lowest BCUT2D eigenvalue weighted by molar-refractivity contribution is -0.155. The zero-order chi connectivity index (χ0) is 28.4. The lowest BCUT2D eigenvalue weighted by Gasteiger charge is -2.31. The second-order valence-corrected chi connectivity index (χ2v) is 9.53. The fourth-order valence-electron chi connectivity index (χ4n) is 4.30. The highest BCUT2D eigenvalue weighted by Gasteiger charge is 2.46. The molecule has 1 unspecified atom stereocenters. The molecule has 3 aromatic rings. The van der Waals surface area contributed by atoms with E-state index in [4.69, 9.17) is 9.57 Å². The number of nitrogens with one attached hydrogen (secondary N) is 2. The number of benzene rings is 3. The molecule has 206 valence electrons. The van der Waals surface area contributed by atoms with Crippen LogP contribution < -0.4 is 10.8 Å². The third-order valence-corrected chi connectivity index (χ3v) is 6.73. The van der Waals surface area contributed by atoms with Crippen LogP contribution in [0.2, 0.25) is 0 Å². The molecule has 0 radical (unpaired) electrons. The van der Waals surface area contributed by atoms with Crippen molar-refractivity contribution in [3.63, 3.8) is 0 Å². The van der Waals surface area contributed by atoms with E-state index >= 15 is 0 Å². The Labute approximate surface area is 233 Å². The summed E-state index contributed by atoms with van der Waals surface area (Å²) in [4.78, 5) is 44.6. The normalized spacial score (nSPS) is 17.8. The van der Waals surface area contributed by atoms with Crippen LogP contribution in [0.5, 0.6) is 0 Å². The first-order valence-corrected chi connectivity index (χ1v) is 13.0. The minimum atomic E-state index is -1.89. The molecule has 0 aromatic heterocycles. The van der Waals surface area contributed by atoms with Gasteiger partial charge in [-0.1, -0.05) is 109 Å². The van der Waals surface area contributed by atoms with Crippen LogP contribution in [0.4, 0.5) is 0 Å². The Balaban J connectivity index is 1.49. The standard InChI is InChI=1S/C32H32N2O6/c1-23(39-21-24-11-5-2-6-12-24)28(29(35)34-40-22-25-13-7-3-8-14-25)33-30(36)32(31(37)38)19-17-27(18-20-32)26-15-9-4-10-16-26/h2-19,23,28H,20-22H2,1H3,(H,33,36)(H,34,35)(H,37,38)/t23-,28+,32?/m1/s1. The van der Waals surface area contributed by atoms with Gasteiger partial charge in [-0.25, -0.2) is 5.48 Å². The molecule has 0 bridgehead atoms. The summed E-state index contributed by atoms with van der Waals surface area (Å²) in [6, 6.07) is 26.9. The van der Waals surface area contributed by atoms with E-state index in [1.54, 1.807) is 19.1 Å². The molecule has 3 N–H and O–H groups in total. The first-order chi connectivity index (χ1) is 19.4. The van der Waals surface area contributed by atoms with Crippen molar-refractivity contribution in [1.82, 2.24) is 10.8 Å². The summed E-state index contributed by atoms with van der Waals surface area (Å²) in [6.07, 6.45) is 3.84. The molecular formula is C32H32N2O6. The van der Waals surface area contributed by atoms with Crippen LogP contribution in [0.25, 0.3) is 5.57 Å². The van der Waals surface area contributed by atoms with E-state index in [0.29, 0.717) is 0 Å². The van der Waals surface area contributed by atoms with E-state index in [-0.39, 0.29) is 19.6 Å². The van der Waals surface area contributed by atoms with Gasteiger partial charge in [-0.3, -0.25) is 19.2 Å². The van der Waals surface area contributed by atoms with Crippen LogP contribution in [0.15, 0.2) is 109 Å². The largest absolute Gasteiger partial charge is 0.480 e. The number of allylic oxidation sites excluding steroid dienone is 3. The third-order valence-electron chi connectivity index (χ3n) is 6.73. The number of hydrogen-bond donors (Lipinski definition) is 3. The number of carbonyl (C=O) groups is 3. The molecule has 0 fully saturated rings. The fourth-order valence-corrected chi connectivity index (χ4v) is 4.30. The predicted molar refractivity (Wildman–Crippen MR) is 150 cm³/mol. The first kappa shape index (κ1) is 28.5. The molecule has 0 saturated carbocycles. The van der Waals surface area contributed by atoms with Gasteiger partial charge in [-0.05, 0) is 35.6 Å². The fraction of sp³-hybridized carbons (Fsp3) is 0.219. The molecule has 2 amide bonds. The van der Waals surface area contributed by atoms with E-state index < -0.39 is 35.3 Å². The van der Waals surface area contributed by atoms with Crippen molar-refractivity contribution < 1.29 is 29.1 Å². The Morgan fingerprint density at radius 1 is 0.875 bits per heavy atom. The maximum Gasteiger partial charge on any atom is 0.323 e. The summed E-state index contributed by atoms with van der Waals surface area (Å²) in [6.45, 7) is 1.95. The number of rotatable bonds is 12. The van der Waals surface area contributed by atoms with Crippen LogP contribution in [0, 0.1) is 5.41 Å². The van der Waals surface area contributed by atoms with Gasteiger partial charge >= 0.3 is 5.97 Å². The van der Waals surface area contributed by atoms with Crippen molar-refractivity contribution >= 4 is 23.4 Å². The van der Waals surface area contributed by atoms with Crippen molar-refractivity contribution in [3.05, 3.63) is 126 Å². The molecule has 0 heterocycles. The SMILES string of the molecule is C[C@@H](OCc1ccccc1)[C@H](NC(=O)C1(C(=O)O)C=CC(c2ccccc2)=CC1)C(=O)NOCc1ccccc1. The van der Waals surface area contributed by atoms with Crippen molar-refractivity contribution in [1.29, 1.82) is 0 Å². The van der Waals surface area contributed by atoms with E-state index in [1.807, 2.05) is 91.0 Å². The molecule has 3 atom stereocenters. The zero-order valence-electron chi connectivity index (χ0n) is 22.2. The summed E-state index contributed by atoms with van der Waals surface area (Å²) < 4.78 is 5.92. The van der Waals surface area contributed by atoms with Crippen molar-refractivity contribution in [2.45, 2.75) is 38.7 Å². The Morgan fingerprint density at radius 3 is 2.00 bits per heavy atom. The van der Waals surface area contributed by atoms with Gasteiger partial charge in [-0.15, -0.1) is 0 Å². The Bertz CT molecular complexity index is 1360. The Morgan fingerprint density at radius 2 is 1.45 bits per heavy atom. The molecule has 1 aliphatic carbocycles. The monoisotopic (exact) mass is 540 g/mol. The van der Waals surface area contributed by atoms with Crippen LogP contribution in [-0.2, 0) is 37.2 Å². The molecule has 8 heteroatoms. The molecule has 0 saturated heterocycles. The highest BCUT2D eigenvalue weighted by molar-refractivity contribution is 6.06.